The Morgan fingerprint density at radius 1 is 1.09 bits per heavy atom. The molecule has 1 heterocycles. The quantitative estimate of drug-likeness (QED) is 0.539. The summed E-state index contributed by atoms with van der Waals surface area (Å²) in [6.45, 7) is 0. The Balaban J connectivity index is 2.34. The summed E-state index contributed by atoms with van der Waals surface area (Å²) < 4.78 is 0. The van der Waals surface area contributed by atoms with Crippen molar-refractivity contribution in [2.24, 2.45) is 0 Å². The molecule has 2 nitrogen and oxygen atoms in total. The summed E-state index contributed by atoms with van der Waals surface area (Å²) in [5, 5.41) is 6.33. The zero-order valence-electron chi connectivity index (χ0n) is 6.17. The SMILES string of the molecule is C1=CCC=C2NC=CNC2=C1. The Morgan fingerprint density at radius 3 is 2.82 bits per heavy atom. The van der Waals surface area contributed by atoms with Crippen LogP contribution < -0.4 is 10.6 Å². The molecule has 0 aromatic heterocycles. The lowest BCUT2D eigenvalue weighted by atomic mass is 10.2. The molecule has 0 atom stereocenters. The van der Waals surface area contributed by atoms with Gasteiger partial charge in [-0.3, -0.25) is 0 Å². The smallest absolute Gasteiger partial charge is 0.0616 e. The van der Waals surface area contributed by atoms with Gasteiger partial charge in [0.25, 0.3) is 0 Å². The van der Waals surface area contributed by atoms with Crippen LogP contribution in [0.2, 0.25) is 0 Å². The van der Waals surface area contributed by atoms with Gasteiger partial charge in [0.15, 0.2) is 0 Å². The molecule has 0 saturated heterocycles. The second-order valence-corrected chi connectivity index (χ2v) is 2.48. The van der Waals surface area contributed by atoms with Gasteiger partial charge in [0.2, 0.25) is 0 Å². The fraction of sp³-hybridized carbons (Fsp3) is 0.111. The normalized spacial score (nSPS) is 20.4. The highest BCUT2D eigenvalue weighted by molar-refractivity contribution is 5.37. The zero-order chi connectivity index (χ0) is 7.52. The van der Waals surface area contributed by atoms with Crippen LogP contribution in [0.5, 0.6) is 0 Å². The van der Waals surface area contributed by atoms with Crippen LogP contribution in [0.4, 0.5) is 0 Å². The summed E-state index contributed by atoms with van der Waals surface area (Å²) in [6, 6.07) is 0. The predicted octanol–water partition coefficient (Wildman–Crippen LogP) is 1.38. The van der Waals surface area contributed by atoms with E-state index in [1.54, 1.807) is 0 Å². The molecule has 2 rings (SSSR count). The van der Waals surface area contributed by atoms with E-state index in [1.165, 1.54) is 0 Å². The van der Waals surface area contributed by atoms with E-state index in [4.69, 9.17) is 0 Å². The van der Waals surface area contributed by atoms with Gasteiger partial charge in [-0.2, -0.15) is 0 Å². The van der Waals surface area contributed by atoms with E-state index in [-0.39, 0.29) is 0 Å². The largest absolute Gasteiger partial charge is 0.359 e. The molecule has 2 heteroatoms. The van der Waals surface area contributed by atoms with Crippen LogP contribution >= 0.6 is 0 Å². The lowest BCUT2D eigenvalue weighted by molar-refractivity contribution is 0.910. The molecule has 2 aliphatic rings. The van der Waals surface area contributed by atoms with E-state index >= 15 is 0 Å². The Labute approximate surface area is 66.0 Å². The third kappa shape index (κ3) is 1.19. The predicted molar refractivity (Wildman–Crippen MR) is 45.3 cm³/mol. The van der Waals surface area contributed by atoms with Crippen LogP contribution in [-0.2, 0) is 0 Å². The van der Waals surface area contributed by atoms with Crippen molar-refractivity contribution >= 4 is 0 Å². The van der Waals surface area contributed by atoms with Crippen molar-refractivity contribution < 1.29 is 0 Å². The van der Waals surface area contributed by atoms with Gasteiger partial charge >= 0.3 is 0 Å². The fourth-order valence-electron chi connectivity index (χ4n) is 1.15. The highest BCUT2D eigenvalue weighted by Gasteiger charge is 2.05. The molecular formula is C9H10N2. The number of rotatable bonds is 0. The minimum Gasteiger partial charge on any atom is -0.359 e. The average Bonchev–Trinajstić information content (AvgIpc) is 2.28. The maximum Gasteiger partial charge on any atom is 0.0616 e. The highest BCUT2D eigenvalue weighted by Crippen LogP contribution is 2.11. The van der Waals surface area contributed by atoms with E-state index in [0.717, 1.165) is 17.8 Å². The lowest BCUT2D eigenvalue weighted by Crippen LogP contribution is -2.21. The first-order chi connectivity index (χ1) is 5.47. The number of nitrogens with one attached hydrogen (secondary N) is 2. The molecule has 0 unspecified atom stereocenters. The Hall–Kier alpha value is -1.44. The number of fused-ring (bicyclic) bond motifs is 1. The van der Waals surface area contributed by atoms with Crippen LogP contribution in [0.15, 0.2) is 48.1 Å². The second-order valence-electron chi connectivity index (χ2n) is 2.48. The van der Waals surface area contributed by atoms with Crippen LogP contribution in [0.25, 0.3) is 0 Å². The van der Waals surface area contributed by atoms with Crippen molar-refractivity contribution in [3.8, 4) is 0 Å². The van der Waals surface area contributed by atoms with E-state index in [0.29, 0.717) is 0 Å². The van der Waals surface area contributed by atoms with Gasteiger partial charge in [-0.25, -0.2) is 0 Å². The van der Waals surface area contributed by atoms with Gasteiger partial charge in [-0.15, -0.1) is 0 Å². The molecule has 0 amide bonds. The first-order valence-electron chi connectivity index (χ1n) is 3.72. The fourth-order valence-corrected chi connectivity index (χ4v) is 1.15. The van der Waals surface area contributed by atoms with Crippen LogP contribution in [0.1, 0.15) is 6.42 Å². The molecule has 0 aromatic rings. The molecule has 1 aliphatic heterocycles. The maximum atomic E-state index is 3.17. The molecule has 11 heavy (non-hydrogen) atoms. The third-order valence-corrected chi connectivity index (χ3v) is 1.71. The lowest BCUT2D eigenvalue weighted by Gasteiger charge is -2.15. The zero-order valence-corrected chi connectivity index (χ0v) is 6.17. The van der Waals surface area contributed by atoms with Crippen LogP contribution in [0, 0.1) is 0 Å². The van der Waals surface area contributed by atoms with Gasteiger partial charge in [-0.1, -0.05) is 18.2 Å². The Morgan fingerprint density at radius 2 is 1.91 bits per heavy atom. The maximum absolute atomic E-state index is 3.17. The summed E-state index contributed by atoms with van der Waals surface area (Å²) >= 11 is 0. The second kappa shape index (κ2) is 2.66. The standard InChI is InChI=1S/C9H10N2/c1-2-4-8-9(5-3-1)11-7-6-10-8/h1-2,4-7,10-11H,3H2. The molecule has 0 aromatic carbocycles. The van der Waals surface area contributed by atoms with Gasteiger partial charge in [-0.05, 0) is 12.5 Å². The molecule has 1 aliphatic carbocycles. The first kappa shape index (κ1) is 6.28. The van der Waals surface area contributed by atoms with Gasteiger partial charge in [0.1, 0.15) is 0 Å². The number of hydrogen-bond acceptors (Lipinski definition) is 2. The number of hydrogen-bond donors (Lipinski definition) is 2. The summed E-state index contributed by atoms with van der Waals surface area (Å²) in [5.41, 5.74) is 2.30. The van der Waals surface area contributed by atoms with Crippen molar-refractivity contribution in [1.29, 1.82) is 0 Å². The van der Waals surface area contributed by atoms with Gasteiger partial charge in [0.05, 0.1) is 11.4 Å². The van der Waals surface area contributed by atoms with E-state index in [9.17, 15) is 0 Å². The monoisotopic (exact) mass is 146 g/mol. The van der Waals surface area contributed by atoms with Crippen LogP contribution in [0.3, 0.4) is 0 Å². The van der Waals surface area contributed by atoms with Crippen LogP contribution in [-0.4, -0.2) is 0 Å². The van der Waals surface area contributed by atoms with Crippen molar-refractivity contribution in [2.75, 3.05) is 0 Å². The van der Waals surface area contributed by atoms with E-state index in [1.807, 2.05) is 12.4 Å². The molecule has 0 spiro atoms. The van der Waals surface area contributed by atoms with Crippen molar-refractivity contribution in [3.63, 3.8) is 0 Å². The third-order valence-electron chi connectivity index (χ3n) is 1.71. The summed E-state index contributed by atoms with van der Waals surface area (Å²) in [7, 11) is 0. The molecule has 56 valence electrons. The minimum atomic E-state index is 0.998. The molecule has 0 bridgehead atoms. The first-order valence-corrected chi connectivity index (χ1v) is 3.72. The van der Waals surface area contributed by atoms with E-state index < -0.39 is 0 Å². The molecular weight excluding hydrogens is 136 g/mol. The summed E-state index contributed by atoms with van der Waals surface area (Å²) in [5.74, 6) is 0. The van der Waals surface area contributed by atoms with Crippen molar-refractivity contribution in [1.82, 2.24) is 10.6 Å². The van der Waals surface area contributed by atoms with E-state index in [2.05, 4.69) is 34.9 Å². The molecule has 0 fully saturated rings. The highest BCUT2D eigenvalue weighted by atomic mass is 15.0. The molecule has 0 radical (unpaired) electrons. The molecule has 0 saturated carbocycles. The van der Waals surface area contributed by atoms with Crippen molar-refractivity contribution in [2.45, 2.75) is 6.42 Å². The Bertz CT molecular complexity index is 269. The topological polar surface area (TPSA) is 24.1 Å². The Kier molecular flexibility index (Phi) is 1.52. The van der Waals surface area contributed by atoms with Gasteiger partial charge < -0.3 is 10.6 Å². The van der Waals surface area contributed by atoms with Crippen molar-refractivity contribution in [3.05, 3.63) is 48.1 Å². The van der Waals surface area contributed by atoms with Gasteiger partial charge in [0, 0.05) is 12.4 Å². The molecule has 2 N–H and O–H groups in total. The summed E-state index contributed by atoms with van der Waals surface area (Å²) in [4.78, 5) is 0. The summed E-state index contributed by atoms with van der Waals surface area (Å²) in [6.07, 6.45) is 13.2. The average molecular weight is 146 g/mol. The number of allylic oxidation sites excluding steroid dienone is 4. The minimum absolute atomic E-state index is 0.998.